The summed E-state index contributed by atoms with van der Waals surface area (Å²) < 4.78 is 33.5. The molecule has 374 valence electrons. The lowest BCUT2D eigenvalue weighted by molar-refractivity contribution is -0.154. The third kappa shape index (κ3) is 49.6. The first kappa shape index (κ1) is 62.2. The van der Waals surface area contributed by atoms with E-state index in [1.165, 1.54) is 141 Å². The first-order valence-corrected chi connectivity index (χ1v) is 27.8. The van der Waals surface area contributed by atoms with E-state index in [4.69, 9.17) is 23.6 Å². The molecule has 0 aliphatic rings. The van der Waals surface area contributed by atoms with Gasteiger partial charge >= 0.3 is 13.8 Å². The number of aliphatic hydroxyl groups is 2. The molecule has 0 aliphatic carbocycles. The van der Waals surface area contributed by atoms with Crippen molar-refractivity contribution in [3.63, 3.8) is 0 Å². The van der Waals surface area contributed by atoms with Crippen LogP contribution in [0.2, 0.25) is 0 Å². The zero-order valence-electron chi connectivity index (χ0n) is 41.2. The number of carbonyl (C=O) groups excluding carboxylic acids is 1. The monoisotopic (exact) mass is 923 g/mol. The molecule has 64 heavy (non-hydrogen) atoms. The van der Waals surface area contributed by atoms with E-state index < -0.39 is 39.2 Å². The van der Waals surface area contributed by atoms with Crippen LogP contribution < -0.4 is 0 Å². The van der Waals surface area contributed by atoms with Crippen molar-refractivity contribution in [2.45, 2.75) is 244 Å². The Bertz CT molecular complexity index is 1180. The van der Waals surface area contributed by atoms with Crippen LogP contribution in [0.25, 0.3) is 0 Å². The Morgan fingerprint density at radius 3 is 1.27 bits per heavy atom. The Hall–Kier alpha value is -1.84. The highest BCUT2D eigenvalue weighted by Gasteiger charge is 2.26. The third-order valence-corrected chi connectivity index (χ3v) is 12.1. The zero-order chi connectivity index (χ0) is 46.7. The molecule has 0 saturated heterocycles. The van der Waals surface area contributed by atoms with Gasteiger partial charge in [0.1, 0.15) is 12.2 Å². The summed E-state index contributed by atoms with van der Waals surface area (Å²) in [6.45, 7) is 3.49. The lowest BCUT2D eigenvalue weighted by Gasteiger charge is -2.20. The molecular formula is C54H99O9P. The Balaban J connectivity index is 4.11. The molecule has 0 radical (unpaired) electrons. The molecule has 0 aliphatic heterocycles. The fraction of sp³-hybridized carbons (Fsp3) is 0.796. The fourth-order valence-corrected chi connectivity index (χ4v) is 7.95. The third-order valence-electron chi connectivity index (χ3n) is 11.2. The van der Waals surface area contributed by atoms with Gasteiger partial charge in [-0.2, -0.15) is 0 Å². The van der Waals surface area contributed by atoms with Crippen LogP contribution in [0.15, 0.2) is 60.8 Å². The minimum absolute atomic E-state index is 0.0402. The van der Waals surface area contributed by atoms with Gasteiger partial charge in [0.25, 0.3) is 0 Å². The average Bonchev–Trinajstić information content (AvgIpc) is 3.29. The van der Waals surface area contributed by atoms with Crippen molar-refractivity contribution >= 4 is 13.8 Å². The van der Waals surface area contributed by atoms with Crippen molar-refractivity contribution in [2.75, 3.05) is 33.0 Å². The highest BCUT2D eigenvalue weighted by Crippen LogP contribution is 2.43. The van der Waals surface area contributed by atoms with E-state index in [0.717, 1.165) is 64.2 Å². The summed E-state index contributed by atoms with van der Waals surface area (Å²) in [6.07, 6.45) is 60.4. The standard InChI is InChI=1S/C54H99O9P/c1-3-5-7-9-11-13-15-17-19-21-23-25-27-29-31-33-35-37-39-41-43-45-47-60-50-53(51-62-64(58,59)61-49-52(56)48-55)63-54(57)46-44-42-40-38-36-34-32-30-28-26-24-22-20-18-16-14-12-10-8-6-4-2/h15-18,21-24,28,30,52-53,55-56H,3-14,19-20,25-27,29,31-51H2,1-2H3,(H,58,59)/b17-15-,18-16-,23-21-,24-22-,30-28-. The smallest absolute Gasteiger partial charge is 0.457 e. The number of unbranched alkanes of at least 4 members (excludes halogenated alkanes) is 26. The molecule has 9 nitrogen and oxygen atoms in total. The number of esters is 1. The van der Waals surface area contributed by atoms with Gasteiger partial charge in [0.05, 0.1) is 26.4 Å². The molecule has 0 spiro atoms. The molecule has 0 amide bonds. The molecule has 3 unspecified atom stereocenters. The van der Waals surface area contributed by atoms with Crippen LogP contribution >= 0.6 is 7.82 Å². The maximum Gasteiger partial charge on any atom is 0.472 e. The summed E-state index contributed by atoms with van der Waals surface area (Å²) in [5.41, 5.74) is 0. The molecule has 0 fully saturated rings. The van der Waals surface area contributed by atoms with Gasteiger partial charge in [-0.15, -0.1) is 0 Å². The minimum atomic E-state index is -4.53. The molecule has 0 aromatic heterocycles. The topological polar surface area (TPSA) is 132 Å². The number of phosphoric acid groups is 1. The Labute approximate surface area is 393 Å². The van der Waals surface area contributed by atoms with Gasteiger partial charge in [0.15, 0.2) is 0 Å². The van der Waals surface area contributed by atoms with E-state index in [-0.39, 0.29) is 19.6 Å². The van der Waals surface area contributed by atoms with E-state index in [1.54, 1.807) is 0 Å². The molecule has 0 saturated carbocycles. The second-order valence-electron chi connectivity index (χ2n) is 17.5. The largest absolute Gasteiger partial charge is 0.472 e. The van der Waals surface area contributed by atoms with Gasteiger partial charge in [-0.05, 0) is 83.5 Å². The maximum absolute atomic E-state index is 12.7. The van der Waals surface area contributed by atoms with E-state index in [1.807, 2.05) is 0 Å². The van der Waals surface area contributed by atoms with Crippen molar-refractivity contribution in [2.24, 2.45) is 0 Å². The Morgan fingerprint density at radius 1 is 0.484 bits per heavy atom. The second-order valence-corrected chi connectivity index (χ2v) is 19.0. The van der Waals surface area contributed by atoms with Crippen LogP contribution in [-0.2, 0) is 27.9 Å². The molecule has 0 aromatic carbocycles. The molecule has 0 aromatic rings. The lowest BCUT2D eigenvalue weighted by atomic mass is 10.1. The van der Waals surface area contributed by atoms with Gasteiger partial charge in [-0.25, -0.2) is 4.57 Å². The van der Waals surface area contributed by atoms with Crippen LogP contribution in [0, 0.1) is 0 Å². The predicted octanol–water partition coefficient (Wildman–Crippen LogP) is 15.5. The quantitative estimate of drug-likeness (QED) is 0.0236. The number of hydrogen-bond donors (Lipinski definition) is 3. The summed E-state index contributed by atoms with van der Waals surface area (Å²) in [6, 6.07) is 0. The van der Waals surface area contributed by atoms with Crippen LogP contribution in [-0.4, -0.2) is 66.3 Å². The number of phosphoric ester groups is 1. The number of allylic oxidation sites excluding steroid dienone is 10. The highest BCUT2D eigenvalue weighted by molar-refractivity contribution is 7.47. The van der Waals surface area contributed by atoms with Crippen molar-refractivity contribution < 1.29 is 43.0 Å². The minimum Gasteiger partial charge on any atom is -0.457 e. The van der Waals surface area contributed by atoms with Crippen molar-refractivity contribution in [3.8, 4) is 0 Å². The number of ether oxygens (including phenoxy) is 2. The molecule has 0 heterocycles. The second kappa shape index (κ2) is 50.6. The first-order chi connectivity index (χ1) is 31.3. The highest BCUT2D eigenvalue weighted by atomic mass is 31.2. The number of aliphatic hydroxyl groups excluding tert-OH is 2. The van der Waals surface area contributed by atoms with Crippen LogP contribution in [0.5, 0.6) is 0 Å². The van der Waals surface area contributed by atoms with Crippen LogP contribution in [0.3, 0.4) is 0 Å². The lowest BCUT2D eigenvalue weighted by Crippen LogP contribution is -2.29. The SMILES string of the molecule is CCCCCCC/C=C\C/C=C\C/C=C\CCCCCCCCC(=O)OC(COCCCCCCCCCCCC/C=C\C/C=C\CCCCCCC)COP(=O)(O)OCC(O)CO. The van der Waals surface area contributed by atoms with Gasteiger partial charge in [0, 0.05) is 13.0 Å². The number of carbonyl (C=O) groups is 1. The average molecular weight is 923 g/mol. The molecule has 0 bridgehead atoms. The Morgan fingerprint density at radius 2 is 0.844 bits per heavy atom. The fourth-order valence-electron chi connectivity index (χ4n) is 7.16. The molecular weight excluding hydrogens is 824 g/mol. The molecule has 3 N–H and O–H groups in total. The van der Waals surface area contributed by atoms with E-state index >= 15 is 0 Å². The molecule has 0 rings (SSSR count). The maximum atomic E-state index is 12.7. The van der Waals surface area contributed by atoms with Crippen molar-refractivity contribution in [3.05, 3.63) is 60.8 Å². The summed E-state index contributed by atoms with van der Waals surface area (Å²) in [5.74, 6) is -0.395. The zero-order valence-corrected chi connectivity index (χ0v) is 42.1. The van der Waals surface area contributed by atoms with E-state index in [9.17, 15) is 19.4 Å². The van der Waals surface area contributed by atoms with E-state index in [2.05, 4.69) is 74.6 Å². The molecule has 10 heteroatoms. The summed E-state index contributed by atoms with van der Waals surface area (Å²) in [7, 11) is -4.53. The first-order valence-electron chi connectivity index (χ1n) is 26.3. The van der Waals surface area contributed by atoms with Crippen LogP contribution in [0.4, 0.5) is 0 Å². The molecule has 3 atom stereocenters. The summed E-state index contributed by atoms with van der Waals surface area (Å²) in [4.78, 5) is 22.7. The van der Waals surface area contributed by atoms with Gasteiger partial charge in [-0.1, -0.05) is 203 Å². The van der Waals surface area contributed by atoms with Gasteiger partial charge in [-0.3, -0.25) is 13.8 Å². The predicted molar refractivity (Wildman–Crippen MR) is 270 cm³/mol. The van der Waals surface area contributed by atoms with Gasteiger partial charge < -0.3 is 24.6 Å². The van der Waals surface area contributed by atoms with E-state index in [0.29, 0.717) is 13.0 Å². The Kier molecular flexibility index (Phi) is 49.1. The van der Waals surface area contributed by atoms with Crippen LogP contribution in [0.1, 0.15) is 232 Å². The number of hydrogen-bond acceptors (Lipinski definition) is 8. The summed E-state index contributed by atoms with van der Waals surface area (Å²) in [5, 5.41) is 18.4. The number of rotatable bonds is 50. The van der Waals surface area contributed by atoms with Crippen molar-refractivity contribution in [1.82, 2.24) is 0 Å². The normalized spacial score (nSPS) is 14.3. The summed E-state index contributed by atoms with van der Waals surface area (Å²) >= 11 is 0. The van der Waals surface area contributed by atoms with Crippen molar-refractivity contribution in [1.29, 1.82) is 0 Å². The van der Waals surface area contributed by atoms with Gasteiger partial charge in [0.2, 0.25) is 0 Å².